The Bertz CT molecular complexity index is 408. The Morgan fingerprint density at radius 3 is 2.61 bits per heavy atom. The first-order chi connectivity index (χ1) is 8.38. The van der Waals surface area contributed by atoms with E-state index in [9.17, 15) is 0 Å². The van der Waals surface area contributed by atoms with Crippen LogP contribution in [0, 0.1) is 11.8 Å². The third-order valence-corrected chi connectivity index (χ3v) is 4.24. The summed E-state index contributed by atoms with van der Waals surface area (Å²) in [5.74, 6) is 3.98. The van der Waals surface area contributed by atoms with E-state index in [2.05, 4.69) is 20.4 Å². The molecule has 0 amide bonds. The molecule has 4 rings (SSSR count). The van der Waals surface area contributed by atoms with Crippen molar-refractivity contribution < 1.29 is 4.52 Å². The molecule has 0 unspecified atom stereocenters. The van der Waals surface area contributed by atoms with Gasteiger partial charge in [0.2, 0.25) is 5.89 Å². The highest BCUT2D eigenvalue weighted by molar-refractivity contribution is 5.85. The fraction of sp³-hybridized carbons (Fsp3) is 0.833. The van der Waals surface area contributed by atoms with Crippen LogP contribution in [0.5, 0.6) is 0 Å². The van der Waals surface area contributed by atoms with Crippen molar-refractivity contribution in [1.29, 1.82) is 0 Å². The van der Waals surface area contributed by atoms with E-state index in [1.54, 1.807) is 0 Å². The molecule has 2 aliphatic heterocycles. The summed E-state index contributed by atoms with van der Waals surface area (Å²) < 4.78 is 5.29. The quantitative estimate of drug-likeness (QED) is 0.889. The average Bonchev–Trinajstić information content (AvgIpc) is 2.72. The first-order valence-corrected chi connectivity index (χ1v) is 6.64. The molecule has 0 radical (unpaired) electrons. The van der Waals surface area contributed by atoms with Crippen molar-refractivity contribution in [3.05, 3.63) is 11.7 Å². The van der Waals surface area contributed by atoms with Crippen molar-refractivity contribution >= 4 is 12.4 Å². The number of likely N-dealkylation sites (tertiary alicyclic amines) is 1. The van der Waals surface area contributed by atoms with Crippen molar-refractivity contribution in [3.8, 4) is 0 Å². The van der Waals surface area contributed by atoms with E-state index in [4.69, 9.17) is 4.52 Å². The highest BCUT2D eigenvalue weighted by Crippen LogP contribution is 2.39. The number of rotatable bonds is 3. The molecule has 0 bridgehead atoms. The molecular weight excluding hydrogens is 252 g/mol. The van der Waals surface area contributed by atoms with Gasteiger partial charge in [0.15, 0.2) is 5.82 Å². The van der Waals surface area contributed by atoms with Gasteiger partial charge in [-0.2, -0.15) is 4.98 Å². The zero-order valence-electron chi connectivity index (χ0n) is 10.3. The van der Waals surface area contributed by atoms with Gasteiger partial charge < -0.3 is 9.84 Å². The zero-order valence-corrected chi connectivity index (χ0v) is 11.2. The van der Waals surface area contributed by atoms with Gasteiger partial charge in [-0.25, -0.2) is 0 Å². The molecule has 6 heteroatoms. The van der Waals surface area contributed by atoms with Gasteiger partial charge in [0.25, 0.3) is 0 Å². The Labute approximate surface area is 113 Å². The summed E-state index contributed by atoms with van der Waals surface area (Å²) in [5.41, 5.74) is 0. The van der Waals surface area contributed by atoms with E-state index in [1.165, 1.54) is 39.0 Å². The summed E-state index contributed by atoms with van der Waals surface area (Å²) in [4.78, 5) is 6.96. The van der Waals surface area contributed by atoms with E-state index in [0.717, 1.165) is 30.1 Å². The van der Waals surface area contributed by atoms with Gasteiger partial charge in [0.1, 0.15) is 0 Å². The Morgan fingerprint density at radius 2 is 1.94 bits per heavy atom. The number of nitrogens with one attached hydrogen (secondary N) is 1. The van der Waals surface area contributed by atoms with Gasteiger partial charge >= 0.3 is 0 Å². The molecule has 0 spiro atoms. The Kier molecular flexibility index (Phi) is 3.30. The van der Waals surface area contributed by atoms with E-state index in [0.29, 0.717) is 5.92 Å². The second-order valence-corrected chi connectivity index (χ2v) is 5.70. The molecule has 1 saturated carbocycles. The van der Waals surface area contributed by atoms with E-state index in [1.807, 2.05) is 0 Å². The molecule has 3 fully saturated rings. The van der Waals surface area contributed by atoms with Crippen molar-refractivity contribution in [2.75, 3.05) is 26.2 Å². The van der Waals surface area contributed by atoms with Gasteiger partial charge in [-0.3, -0.25) is 4.90 Å². The maximum absolute atomic E-state index is 5.29. The molecule has 1 aromatic rings. The molecule has 2 atom stereocenters. The largest absolute Gasteiger partial charge is 0.339 e. The third kappa shape index (κ3) is 2.27. The topological polar surface area (TPSA) is 54.2 Å². The molecule has 18 heavy (non-hydrogen) atoms. The van der Waals surface area contributed by atoms with Crippen LogP contribution in [0.15, 0.2) is 4.52 Å². The SMILES string of the molecule is C1CC1c1nc(CN2C[C@H]3CNC[C@H]3C2)no1.Cl. The highest BCUT2D eigenvalue weighted by atomic mass is 35.5. The Hall–Kier alpha value is -0.650. The lowest BCUT2D eigenvalue weighted by Gasteiger charge is -2.13. The van der Waals surface area contributed by atoms with Crippen LogP contribution in [0.2, 0.25) is 0 Å². The lowest BCUT2D eigenvalue weighted by atomic mass is 10.0. The molecule has 5 nitrogen and oxygen atoms in total. The summed E-state index contributed by atoms with van der Waals surface area (Å²) in [6.07, 6.45) is 2.45. The van der Waals surface area contributed by atoms with Crippen LogP contribution in [0.3, 0.4) is 0 Å². The van der Waals surface area contributed by atoms with Crippen LogP contribution in [-0.2, 0) is 6.54 Å². The molecule has 3 aliphatic rings. The van der Waals surface area contributed by atoms with Crippen LogP contribution in [0.4, 0.5) is 0 Å². The van der Waals surface area contributed by atoms with E-state index >= 15 is 0 Å². The molecule has 0 aromatic carbocycles. The number of fused-ring (bicyclic) bond motifs is 1. The molecule has 2 saturated heterocycles. The fourth-order valence-electron chi connectivity index (χ4n) is 3.11. The van der Waals surface area contributed by atoms with Crippen LogP contribution in [-0.4, -0.2) is 41.2 Å². The van der Waals surface area contributed by atoms with Crippen LogP contribution in [0.25, 0.3) is 0 Å². The number of aromatic nitrogens is 2. The lowest BCUT2D eigenvalue weighted by Crippen LogP contribution is -2.25. The predicted molar refractivity (Wildman–Crippen MR) is 68.6 cm³/mol. The van der Waals surface area contributed by atoms with E-state index < -0.39 is 0 Å². The van der Waals surface area contributed by atoms with Gasteiger partial charge in [-0.05, 0) is 37.8 Å². The second-order valence-electron chi connectivity index (χ2n) is 5.70. The molecule has 1 N–H and O–H groups in total. The van der Waals surface area contributed by atoms with Gasteiger partial charge in [0.05, 0.1) is 6.54 Å². The number of nitrogens with zero attached hydrogens (tertiary/aromatic N) is 3. The minimum Gasteiger partial charge on any atom is -0.339 e. The number of hydrogen-bond acceptors (Lipinski definition) is 5. The van der Waals surface area contributed by atoms with Crippen molar-refractivity contribution in [1.82, 2.24) is 20.4 Å². The normalized spacial score (nSPS) is 31.3. The zero-order chi connectivity index (χ0) is 11.2. The predicted octanol–water partition coefficient (Wildman–Crippen LogP) is 1.02. The summed E-state index contributed by atoms with van der Waals surface area (Å²) in [6, 6.07) is 0. The van der Waals surface area contributed by atoms with Crippen LogP contribution in [0.1, 0.15) is 30.5 Å². The minimum absolute atomic E-state index is 0. The fourth-order valence-corrected chi connectivity index (χ4v) is 3.11. The minimum atomic E-state index is 0. The third-order valence-electron chi connectivity index (χ3n) is 4.24. The first-order valence-electron chi connectivity index (χ1n) is 6.64. The smallest absolute Gasteiger partial charge is 0.229 e. The maximum Gasteiger partial charge on any atom is 0.229 e. The maximum atomic E-state index is 5.29. The standard InChI is InChI=1S/C12H18N4O.ClH/c1-2-8(1)12-14-11(15-17-12)7-16-5-9-3-13-4-10(9)6-16;/h8-10,13H,1-7H2;1H/t9-,10+;. The van der Waals surface area contributed by atoms with Gasteiger partial charge in [0, 0.05) is 19.0 Å². The molecule has 3 heterocycles. The summed E-state index contributed by atoms with van der Waals surface area (Å²) in [6.45, 7) is 5.60. The monoisotopic (exact) mass is 270 g/mol. The van der Waals surface area contributed by atoms with Crippen molar-refractivity contribution in [2.45, 2.75) is 25.3 Å². The van der Waals surface area contributed by atoms with E-state index in [-0.39, 0.29) is 12.4 Å². The Morgan fingerprint density at radius 1 is 1.22 bits per heavy atom. The number of hydrogen-bond donors (Lipinski definition) is 1. The van der Waals surface area contributed by atoms with Crippen LogP contribution < -0.4 is 5.32 Å². The van der Waals surface area contributed by atoms with Crippen molar-refractivity contribution in [3.63, 3.8) is 0 Å². The molecule has 100 valence electrons. The highest BCUT2D eigenvalue weighted by Gasteiger charge is 2.36. The average molecular weight is 271 g/mol. The second kappa shape index (κ2) is 4.79. The Balaban J connectivity index is 0.000001000. The van der Waals surface area contributed by atoms with Crippen molar-refractivity contribution in [2.24, 2.45) is 11.8 Å². The summed E-state index contributed by atoms with van der Waals surface area (Å²) in [7, 11) is 0. The van der Waals surface area contributed by atoms with Gasteiger partial charge in [-0.15, -0.1) is 12.4 Å². The summed E-state index contributed by atoms with van der Waals surface area (Å²) in [5, 5.41) is 7.55. The molecule has 1 aliphatic carbocycles. The first kappa shape index (κ1) is 12.4. The van der Waals surface area contributed by atoms with Crippen LogP contribution >= 0.6 is 12.4 Å². The lowest BCUT2D eigenvalue weighted by molar-refractivity contribution is 0.289. The molecular formula is C12H19ClN4O. The number of halogens is 1. The molecule has 1 aromatic heterocycles. The van der Waals surface area contributed by atoms with Gasteiger partial charge in [-0.1, -0.05) is 5.16 Å². The summed E-state index contributed by atoms with van der Waals surface area (Å²) >= 11 is 0.